The van der Waals surface area contributed by atoms with Crippen LogP contribution in [0.4, 0.5) is 0 Å². The quantitative estimate of drug-likeness (QED) is 0.677. The van der Waals surface area contributed by atoms with E-state index < -0.39 is 0 Å². The average molecular weight is 202 g/mol. The van der Waals surface area contributed by atoms with E-state index in [9.17, 15) is 5.11 Å². The molecule has 86 valence electrons. The van der Waals surface area contributed by atoms with E-state index in [1.165, 1.54) is 0 Å². The maximum Gasteiger partial charge on any atom is 0.0601 e. The molecule has 3 unspecified atom stereocenters. The second-order valence-corrected chi connectivity index (χ2v) is 4.47. The van der Waals surface area contributed by atoms with Crippen LogP contribution in [0.2, 0.25) is 0 Å². The van der Waals surface area contributed by atoms with E-state index in [1.54, 1.807) is 0 Å². The summed E-state index contributed by atoms with van der Waals surface area (Å²) >= 11 is 0. The molecule has 3 heteroatoms. The summed E-state index contributed by atoms with van der Waals surface area (Å²) in [5, 5.41) is 9.31. The Labute approximate surface area is 88.3 Å². The van der Waals surface area contributed by atoms with Crippen molar-refractivity contribution in [2.75, 3.05) is 13.7 Å². The van der Waals surface area contributed by atoms with Crippen molar-refractivity contribution < 1.29 is 5.11 Å². The van der Waals surface area contributed by atoms with E-state index >= 15 is 0 Å². The van der Waals surface area contributed by atoms with Crippen molar-refractivity contribution in [1.29, 1.82) is 0 Å². The number of aliphatic hydroxyl groups excluding tert-OH is 1. The molecule has 3 atom stereocenters. The number of hydrogen-bond donors (Lipinski definition) is 2. The van der Waals surface area contributed by atoms with Gasteiger partial charge >= 0.3 is 0 Å². The molecule has 0 spiro atoms. The monoisotopic (exact) mass is 202 g/mol. The summed E-state index contributed by atoms with van der Waals surface area (Å²) in [6, 6.07) is 0.591. The van der Waals surface area contributed by atoms with Crippen molar-refractivity contribution in [3.05, 3.63) is 0 Å². The van der Waals surface area contributed by atoms with Gasteiger partial charge in [0.05, 0.1) is 6.61 Å². The lowest BCUT2D eigenvalue weighted by Gasteiger charge is -2.37. The summed E-state index contributed by atoms with van der Waals surface area (Å²) in [5.41, 5.74) is 5.96. The molecule has 0 aromatic heterocycles. The van der Waals surface area contributed by atoms with E-state index in [4.69, 9.17) is 5.73 Å². The molecule has 0 fully saturated rings. The van der Waals surface area contributed by atoms with Crippen LogP contribution in [0, 0.1) is 5.92 Å². The van der Waals surface area contributed by atoms with Gasteiger partial charge in [-0.15, -0.1) is 0 Å². The third-order valence-electron chi connectivity index (χ3n) is 3.28. The minimum Gasteiger partial charge on any atom is -0.395 e. The van der Waals surface area contributed by atoms with Gasteiger partial charge in [-0.25, -0.2) is 0 Å². The van der Waals surface area contributed by atoms with Gasteiger partial charge in [-0.1, -0.05) is 20.8 Å². The molecule has 0 radical (unpaired) electrons. The number of nitrogens with zero attached hydrogens (tertiary/aromatic N) is 1. The van der Waals surface area contributed by atoms with Gasteiger partial charge in [0.2, 0.25) is 0 Å². The summed E-state index contributed by atoms with van der Waals surface area (Å²) in [7, 11) is 2.04. The first kappa shape index (κ1) is 13.9. The van der Waals surface area contributed by atoms with Crippen LogP contribution in [0.3, 0.4) is 0 Å². The van der Waals surface area contributed by atoms with Gasteiger partial charge in [0.1, 0.15) is 0 Å². The highest BCUT2D eigenvalue weighted by atomic mass is 16.3. The van der Waals surface area contributed by atoms with Crippen LogP contribution in [0.5, 0.6) is 0 Å². The normalized spacial score (nSPS) is 18.6. The van der Waals surface area contributed by atoms with E-state index in [1.807, 2.05) is 7.05 Å². The number of nitrogens with two attached hydrogens (primary N) is 1. The van der Waals surface area contributed by atoms with Gasteiger partial charge in [0.15, 0.2) is 0 Å². The van der Waals surface area contributed by atoms with Crippen molar-refractivity contribution in [2.24, 2.45) is 11.7 Å². The molecule has 0 amide bonds. The second-order valence-electron chi connectivity index (χ2n) is 4.47. The zero-order valence-corrected chi connectivity index (χ0v) is 10.2. The molecular weight excluding hydrogens is 176 g/mol. The highest BCUT2D eigenvalue weighted by Gasteiger charge is 2.25. The standard InChI is InChI=1S/C11H26N2O/c1-6-10(12)11(7-14)13(5)9(4)8(2)3/h8-11,14H,6-7,12H2,1-5H3. The molecule has 3 nitrogen and oxygen atoms in total. The topological polar surface area (TPSA) is 49.5 Å². The van der Waals surface area contributed by atoms with Gasteiger partial charge in [-0.2, -0.15) is 0 Å². The lowest BCUT2D eigenvalue weighted by atomic mass is 9.99. The van der Waals surface area contributed by atoms with Crippen LogP contribution in [0.15, 0.2) is 0 Å². The first-order valence-corrected chi connectivity index (χ1v) is 5.54. The first-order chi connectivity index (χ1) is 6.45. The molecule has 14 heavy (non-hydrogen) atoms. The van der Waals surface area contributed by atoms with Crippen LogP contribution in [-0.2, 0) is 0 Å². The second kappa shape index (κ2) is 6.38. The van der Waals surface area contributed by atoms with Crippen molar-refractivity contribution in [3.8, 4) is 0 Å². The molecule has 0 aliphatic rings. The average Bonchev–Trinajstić information content (AvgIpc) is 2.16. The Morgan fingerprint density at radius 2 is 1.79 bits per heavy atom. The fourth-order valence-electron chi connectivity index (χ4n) is 1.61. The summed E-state index contributed by atoms with van der Waals surface area (Å²) in [5.74, 6) is 0.582. The predicted molar refractivity (Wildman–Crippen MR) is 61.2 cm³/mol. The van der Waals surface area contributed by atoms with Crippen molar-refractivity contribution in [2.45, 2.75) is 52.2 Å². The Kier molecular flexibility index (Phi) is 6.33. The predicted octanol–water partition coefficient (Wildman–Crippen LogP) is 1.06. The molecule has 3 N–H and O–H groups in total. The SMILES string of the molecule is CCC(N)C(CO)N(C)C(C)C(C)C. The maximum absolute atomic E-state index is 9.31. The molecule has 0 saturated carbocycles. The molecular formula is C11H26N2O. The Bertz CT molecular complexity index is 150. The molecule has 0 bridgehead atoms. The molecule has 0 aromatic rings. The summed E-state index contributed by atoms with van der Waals surface area (Å²) in [6.45, 7) is 8.75. The minimum atomic E-state index is 0.0613. The maximum atomic E-state index is 9.31. The van der Waals surface area contributed by atoms with Crippen LogP contribution >= 0.6 is 0 Å². The van der Waals surface area contributed by atoms with E-state index in [-0.39, 0.29) is 18.7 Å². The molecule has 0 heterocycles. The van der Waals surface area contributed by atoms with E-state index in [0.29, 0.717) is 12.0 Å². The summed E-state index contributed by atoms with van der Waals surface area (Å²) < 4.78 is 0. The number of rotatable bonds is 6. The fraction of sp³-hybridized carbons (Fsp3) is 1.00. The van der Waals surface area contributed by atoms with Crippen LogP contribution in [0.1, 0.15) is 34.1 Å². The van der Waals surface area contributed by atoms with E-state index in [0.717, 1.165) is 6.42 Å². The third kappa shape index (κ3) is 3.56. The Morgan fingerprint density at radius 1 is 1.29 bits per heavy atom. The van der Waals surface area contributed by atoms with Gasteiger partial charge < -0.3 is 10.8 Å². The molecule has 0 aliphatic carbocycles. The van der Waals surface area contributed by atoms with E-state index in [2.05, 4.69) is 32.6 Å². The molecule has 0 aromatic carbocycles. The van der Waals surface area contributed by atoms with Crippen LogP contribution in [-0.4, -0.2) is 41.8 Å². The highest BCUT2D eigenvalue weighted by molar-refractivity contribution is 4.82. The van der Waals surface area contributed by atoms with Gasteiger partial charge in [-0.3, -0.25) is 4.90 Å². The Balaban J connectivity index is 4.37. The van der Waals surface area contributed by atoms with Crippen LogP contribution < -0.4 is 5.73 Å². The number of likely N-dealkylation sites (N-methyl/N-ethyl adjacent to an activating group) is 1. The van der Waals surface area contributed by atoms with Gasteiger partial charge in [-0.05, 0) is 26.3 Å². The molecule has 0 aliphatic heterocycles. The molecule has 0 saturated heterocycles. The van der Waals surface area contributed by atoms with Gasteiger partial charge in [0.25, 0.3) is 0 Å². The largest absolute Gasteiger partial charge is 0.395 e. The minimum absolute atomic E-state index is 0.0613. The molecule has 0 rings (SSSR count). The zero-order chi connectivity index (χ0) is 11.3. The first-order valence-electron chi connectivity index (χ1n) is 5.54. The number of aliphatic hydroxyl groups is 1. The third-order valence-corrected chi connectivity index (χ3v) is 3.28. The lowest BCUT2D eigenvalue weighted by molar-refractivity contribution is 0.0782. The van der Waals surface area contributed by atoms with Crippen molar-refractivity contribution in [3.63, 3.8) is 0 Å². The Morgan fingerprint density at radius 3 is 2.07 bits per heavy atom. The Hall–Kier alpha value is -0.120. The summed E-state index contributed by atoms with van der Waals surface area (Å²) in [6.07, 6.45) is 0.903. The number of hydrogen-bond acceptors (Lipinski definition) is 3. The van der Waals surface area contributed by atoms with Crippen LogP contribution in [0.25, 0.3) is 0 Å². The lowest BCUT2D eigenvalue weighted by Crippen LogP contribution is -2.52. The highest BCUT2D eigenvalue weighted by Crippen LogP contribution is 2.13. The zero-order valence-electron chi connectivity index (χ0n) is 10.2. The smallest absolute Gasteiger partial charge is 0.0601 e. The van der Waals surface area contributed by atoms with Crippen molar-refractivity contribution >= 4 is 0 Å². The summed E-state index contributed by atoms with van der Waals surface area (Å²) in [4.78, 5) is 2.19. The fourth-order valence-corrected chi connectivity index (χ4v) is 1.61. The van der Waals surface area contributed by atoms with Crippen molar-refractivity contribution in [1.82, 2.24) is 4.90 Å². The van der Waals surface area contributed by atoms with Gasteiger partial charge in [0, 0.05) is 18.1 Å².